The summed E-state index contributed by atoms with van der Waals surface area (Å²) in [6.07, 6.45) is 3.81. The van der Waals surface area contributed by atoms with E-state index in [-0.39, 0.29) is 11.6 Å². The fourth-order valence-electron chi connectivity index (χ4n) is 3.42. The molecular weight excluding hydrogens is 310 g/mol. The minimum Gasteiger partial charge on any atom is -0.379 e. The summed E-state index contributed by atoms with van der Waals surface area (Å²) in [7, 11) is 0. The van der Waals surface area contributed by atoms with Crippen molar-refractivity contribution in [3.63, 3.8) is 0 Å². The standard InChI is InChI=1S/C17H23N3O4/c1-17(7-4-10-24-12-17)18-16(21)13-5-6-14(15(11-13)20(22)23)19-8-2-3-9-19/h5-6,11H,2-4,7-10,12H2,1H3,(H,18,21). The Morgan fingerprint density at radius 2 is 2.08 bits per heavy atom. The van der Waals surface area contributed by atoms with Crippen LogP contribution in [0.2, 0.25) is 0 Å². The number of carbonyl (C=O) groups is 1. The highest BCUT2D eigenvalue weighted by Gasteiger charge is 2.31. The molecule has 2 aliphatic heterocycles. The van der Waals surface area contributed by atoms with Gasteiger partial charge in [-0.05, 0) is 44.7 Å². The second kappa shape index (κ2) is 6.76. The van der Waals surface area contributed by atoms with E-state index in [4.69, 9.17) is 4.74 Å². The summed E-state index contributed by atoms with van der Waals surface area (Å²) < 4.78 is 5.44. The third kappa shape index (κ3) is 3.51. The minimum atomic E-state index is -0.419. The number of anilines is 1. The summed E-state index contributed by atoms with van der Waals surface area (Å²) >= 11 is 0. The van der Waals surface area contributed by atoms with Crippen LogP contribution in [0.1, 0.15) is 43.0 Å². The maximum atomic E-state index is 12.5. The van der Waals surface area contributed by atoms with Gasteiger partial charge in [0.2, 0.25) is 0 Å². The van der Waals surface area contributed by atoms with Crippen molar-refractivity contribution >= 4 is 17.3 Å². The molecule has 7 nitrogen and oxygen atoms in total. The molecule has 130 valence electrons. The molecule has 1 amide bonds. The van der Waals surface area contributed by atoms with E-state index in [1.807, 2.05) is 11.8 Å². The van der Waals surface area contributed by atoms with E-state index in [1.54, 1.807) is 12.1 Å². The summed E-state index contributed by atoms with van der Waals surface area (Å²) in [6, 6.07) is 4.75. The van der Waals surface area contributed by atoms with Gasteiger partial charge in [0, 0.05) is 31.3 Å². The number of amides is 1. The van der Waals surface area contributed by atoms with Crippen molar-refractivity contribution in [1.82, 2.24) is 5.32 Å². The van der Waals surface area contributed by atoms with Gasteiger partial charge in [0.05, 0.1) is 17.1 Å². The zero-order valence-corrected chi connectivity index (χ0v) is 13.9. The fraction of sp³-hybridized carbons (Fsp3) is 0.588. The molecule has 2 fully saturated rings. The average Bonchev–Trinajstić information content (AvgIpc) is 3.08. The lowest BCUT2D eigenvalue weighted by Gasteiger charge is -2.34. The highest BCUT2D eigenvalue weighted by Crippen LogP contribution is 2.32. The number of ether oxygens (including phenoxy) is 1. The van der Waals surface area contributed by atoms with Gasteiger partial charge in [-0.2, -0.15) is 0 Å². The van der Waals surface area contributed by atoms with Gasteiger partial charge in [-0.15, -0.1) is 0 Å². The quantitative estimate of drug-likeness (QED) is 0.676. The number of hydrogen-bond acceptors (Lipinski definition) is 5. The third-order valence-corrected chi connectivity index (χ3v) is 4.73. The van der Waals surface area contributed by atoms with E-state index in [0.29, 0.717) is 24.5 Å². The molecular formula is C17H23N3O4. The van der Waals surface area contributed by atoms with Gasteiger partial charge in [0.15, 0.2) is 0 Å². The molecule has 0 radical (unpaired) electrons. The van der Waals surface area contributed by atoms with Crippen molar-refractivity contribution in [2.75, 3.05) is 31.2 Å². The van der Waals surface area contributed by atoms with Crippen molar-refractivity contribution in [2.24, 2.45) is 0 Å². The normalized spacial score (nSPS) is 24.0. The number of benzene rings is 1. The summed E-state index contributed by atoms with van der Waals surface area (Å²) in [6.45, 7) is 4.76. The van der Waals surface area contributed by atoms with E-state index in [1.165, 1.54) is 6.07 Å². The molecule has 2 aliphatic rings. The summed E-state index contributed by atoms with van der Waals surface area (Å²) in [5, 5.41) is 14.4. The first-order valence-electron chi connectivity index (χ1n) is 8.42. The maximum absolute atomic E-state index is 12.5. The smallest absolute Gasteiger partial charge is 0.293 e. The van der Waals surface area contributed by atoms with Gasteiger partial charge in [-0.1, -0.05) is 0 Å². The van der Waals surface area contributed by atoms with Gasteiger partial charge in [-0.3, -0.25) is 14.9 Å². The first-order valence-corrected chi connectivity index (χ1v) is 8.42. The monoisotopic (exact) mass is 333 g/mol. The predicted octanol–water partition coefficient (Wildman–Crippen LogP) is 2.49. The Morgan fingerprint density at radius 3 is 2.71 bits per heavy atom. The second-order valence-corrected chi connectivity index (χ2v) is 6.83. The average molecular weight is 333 g/mol. The van der Waals surface area contributed by atoms with Crippen LogP contribution in [0.5, 0.6) is 0 Å². The SMILES string of the molecule is CC1(NC(=O)c2ccc(N3CCCC3)c([N+](=O)[O-])c2)CCCOC1. The molecule has 24 heavy (non-hydrogen) atoms. The van der Waals surface area contributed by atoms with Gasteiger partial charge in [-0.25, -0.2) is 0 Å². The summed E-state index contributed by atoms with van der Waals surface area (Å²) in [5.41, 5.74) is 0.491. The van der Waals surface area contributed by atoms with E-state index in [9.17, 15) is 14.9 Å². The largest absolute Gasteiger partial charge is 0.379 e. The molecule has 2 saturated heterocycles. The number of nitro groups is 1. The van der Waals surface area contributed by atoms with Crippen LogP contribution in [0.3, 0.4) is 0 Å². The lowest BCUT2D eigenvalue weighted by Crippen LogP contribution is -2.51. The molecule has 1 aromatic carbocycles. The zero-order chi connectivity index (χ0) is 17.2. The third-order valence-electron chi connectivity index (χ3n) is 4.73. The molecule has 1 unspecified atom stereocenters. The lowest BCUT2D eigenvalue weighted by molar-refractivity contribution is -0.384. The summed E-state index contributed by atoms with van der Waals surface area (Å²) in [4.78, 5) is 25.6. The molecule has 0 aromatic heterocycles. The number of rotatable bonds is 4. The van der Waals surface area contributed by atoms with E-state index < -0.39 is 10.5 Å². The molecule has 0 bridgehead atoms. The van der Waals surface area contributed by atoms with Gasteiger partial charge < -0.3 is 15.0 Å². The molecule has 0 saturated carbocycles. The Hall–Kier alpha value is -2.15. The second-order valence-electron chi connectivity index (χ2n) is 6.83. The predicted molar refractivity (Wildman–Crippen MR) is 90.5 cm³/mol. The number of nitrogens with one attached hydrogen (secondary N) is 1. The Bertz CT molecular complexity index is 635. The first-order chi connectivity index (χ1) is 11.5. The molecule has 3 rings (SSSR count). The van der Waals surface area contributed by atoms with Crippen LogP contribution in [0, 0.1) is 10.1 Å². The van der Waals surface area contributed by atoms with Crippen molar-refractivity contribution in [3.8, 4) is 0 Å². The molecule has 1 aromatic rings. The number of hydrogen-bond donors (Lipinski definition) is 1. The van der Waals surface area contributed by atoms with Gasteiger partial charge >= 0.3 is 0 Å². The van der Waals surface area contributed by atoms with Crippen LogP contribution in [0.4, 0.5) is 11.4 Å². The van der Waals surface area contributed by atoms with Crippen LogP contribution in [0.15, 0.2) is 18.2 Å². The van der Waals surface area contributed by atoms with Gasteiger partial charge in [0.25, 0.3) is 11.6 Å². The van der Waals surface area contributed by atoms with Crippen LogP contribution < -0.4 is 10.2 Å². The highest BCUT2D eigenvalue weighted by molar-refractivity contribution is 5.96. The minimum absolute atomic E-state index is 0.00500. The van der Waals surface area contributed by atoms with E-state index in [2.05, 4.69) is 5.32 Å². The Labute approximate surface area is 141 Å². The number of nitrogens with zero attached hydrogens (tertiary/aromatic N) is 2. The maximum Gasteiger partial charge on any atom is 0.293 e. The summed E-state index contributed by atoms with van der Waals surface area (Å²) in [5.74, 6) is -0.293. The molecule has 0 spiro atoms. The Balaban J connectivity index is 1.81. The molecule has 0 aliphatic carbocycles. The number of carbonyl (C=O) groups excluding carboxylic acids is 1. The number of nitro benzene ring substituents is 1. The van der Waals surface area contributed by atoms with Crippen molar-refractivity contribution in [2.45, 2.75) is 38.1 Å². The van der Waals surface area contributed by atoms with Crippen molar-refractivity contribution < 1.29 is 14.5 Å². The van der Waals surface area contributed by atoms with Crippen LogP contribution >= 0.6 is 0 Å². The first kappa shape index (κ1) is 16.7. The van der Waals surface area contributed by atoms with E-state index >= 15 is 0 Å². The molecule has 1 atom stereocenters. The zero-order valence-electron chi connectivity index (χ0n) is 13.9. The van der Waals surface area contributed by atoms with Crippen LogP contribution in [0.25, 0.3) is 0 Å². The Kier molecular flexibility index (Phi) is 4.71. The Morgan fingerprint density at radius 1 is 1.33 bits per heavy atom. The van der Waals surface area contributed by atoms with E-state index in [0.717, 1.165) is 38.8 Å². The van der Waals surface area contributed by atoms with Gasteiger partial charge in [0.1, 0.15) is 5.69 Å². The molecule has 2 heterocycles. The fourth-order valence-corrected chi connectivity index (χ4v) is 3.42. The molecule has 1 N–H and O–H groups in total. The topological polar surface area (TPSA) is 84.7 Å². The lowest BCUT2D eigenvalue weighted by atomic mass is 9.94. The highest BCUT2D eigenvalue weighted by atomic mass is 16.6. The van der Waals surface area contributed by atoms with Crippen LogP contribution in [-0.2, 0) is 4.74 Å². The van der Waals surface area contributed by atoms with Crippen molar-refractivity contribution in [1.29, 1.82) is 0 Å². The molecule has 7 heteroatoms. The van der Waals surface area contributed by atoms with Crippen LogP contribution in [-0.4, -0.2) is 42.7 Å². The van der Waals surface area contributed by atoms with Crippen molar-refractivity contribution in [3.05, 3.63) is 33.9 Å².